The number of hydrogen-bond donors (Lipinski definition) is 1. The molecule has 0 bridgehead atoms. The highest BCUT2D eigenvalue weighted by atomic mass is 32.1. The summed E-state index contributed by atoms with van der Waals surface area (Å²) in [5.41, 5.74) is 3.28. The fourth-order valence-electron chi connectivity index (χ4n) is 3.14. The van der Waals surface area contributed by atoms with Gasteiger partial charge in [0.05, 0.1) is 10.2 Å². The molecular formula is C16H22N2S. The van der Waals surface area contributed by atoms with Gasteiger partial charge < -0.3 is 5.32 Å². The lowest BCUT2D eigenvalue weighted by atomic mass is 10.0. The first-order valence-corrected chi connectivity index (χ1v) is 7.75. The van der Waals surface area contributed by atoms with Crippen molar-refractivity contribution >= 4 is 26.7 Å². The Morgan fingerprint density at radius 1 is 1.21 bits per heavy atom. The molecule has 1 fully saturated rings. The van der Waals surface area contributed by atoms with Gasteiger partial charge in [-0.2, -0.15) is 0 Å². The third-order valence-electron chi connectivity index (χ3n) is 5.32. The van der Waals surface area contributed by atoms with Gasteiger partial charge in [-0.05, 0) is 41.4 Å². The predicted octanol–water partition coefficient (Wildman–Crippen LogP) is 4.70. The minimum Gasteiger partial charge on any atom is -0.361 e. The van der Waals surface area contributed by atoms with Gasteiger partial charge in [0.2, 0.25) is 0 Å². The molecule has 1 aliphatic carbocycles. The molecule has 3 rings (SSSR count). The first kappa shape index (κ1) is 12.9. The number of nitrogens with zero attached hydrogens (tertiary/aromatic N) is 1. The Balaban J connectivity index is 1.73. The van der Waals surface area contributed by atoms with Crippen molar-refractivity contribution in [3.63, 3.8) is 0 Å². The van der Waals surface area contributed by atoms with E-state index in [1.54, 1.807) is 11.3 Å². The molecule has 0 aliphatic heterocycles. The second-order valence-corrected chi connectivity index (χ2v) is 7.90. The van der Waals surface area contributed by atoms with Crippen molar-refractivity contribution in [2.24, 2.45) is 16.7 Å². The van der Waals surface area contributed by atoms with Gasteiger partial charge in [-0.1, -0.05) is 45.1 Å². The van der Waals surface area contributed by atoms with Gasteiger partial charge in [-0.25, -0.2) is 4.98 Å². The van der Waals surface area contributed by atoms with Crippen molar-refractivity contribution in [1.29, 1.82) is 0 Å². The van der Waals surface area contributed by atoms with Crippen LogP contribution in [0.3, 0.4) is 0 Å². The van der Waals surface area contributed by atoms with Gasteiger partial charge in [0, 0.05) is 6.54 Å². The van der Waals surface area contributed by atoms with E-state index in [4.69, 9.17) is 0 Å². The first-order chi connectivity index (χ1) is 8.82. The van der Waals surface area contributed by atoms with E-state index in [0.717, 1.165) is 23.1 Å². The van der Waals surface area contributed by atoms with E-state index in [0.29, 0.717) is 10.8 Å². The molecule has 1 saturated carbocycles. The average Bonchev–Trinajstić information content (AvgIpc) is 2.63. The lowest BCUT2D eigenvalue weighted by Gasteiger charge is -2.04. The fraction of sp³-hybridized carbons (Fsp3) is 0.562. The van der Waals surface area contributed by atoms with Crippen LogP contribution in [-0.2, 0) is 0 Å². The Labute approximate surface area is 119 Å². The van der Waals surface area contributed by atoms with Crippen molar-refractivity contribution in [2.45, 2.75) is 34.6 Å². The van der Waals surface area contributed by atoms with Crippen LogP contribution in [-0.4, -0.2) is 11.5 Å². The normalized spacial score (nSPS) is 20.7. The van der Waals surface area contributed by atoms with Crippen LogP contribution in [0.5, 0.6) is 0 Å². The zero-order valence-corrected chi connectivity index (χ0v) is 13.2. The smallest absolute Gasteiger partial charge is 0.183 e. The molecule has 19 heavy (non-hydrogen) atoms. The third-order valence-corrected chi connectivity index (χ3v) is 6.30. The van der Waals surface area contributed by atoms with Crippen LogP contribution in [0.25, 0.3) is 10.2 Å². The molecule has 3 heteroatoms. The zero-order valence-electron chi connectivity index (χ0n) is 12.4. The second kappa shape index (κ2) is 3.95. The SMILES string of the molecule is Cc1ccc2nc(NCC3C(C)(C)C3(C)C)sc2c1. The second-order valence-electron chi connectivity index (χ2n) is 6.87. The monoisotopic (exact) mass is 274 g/mol. The number of hydrogen-bond acceptors (Lipinski definition) is 3. The third kappa shape index (κ3) is 1.95. The summed E-state index contributed by atoms with van der Waals surface area (Å²) in [6, 6.07) is 6.44. The standard InChI is InChI=1S/C16H22N2S/c1-10-6-7-11-12(8-10)19-14(18-11)17-9-13-15(2,3)16(13,4)5/h6-8,13H,9H2,1-5H3,(H,17,18). The molecule has 2 nitrogen and oxygen atoms in total. The number of aromatic nitrogens is 1. The van der Waals surface area contributed by atoms with Crippen molar-refractivity contribution in [3.05, 3.63) is 23.8 Å². The number of anilines is 1. The number of thiazole rings is 1. The Kier molecular flexibility index (Phi) is 2.69. The van der Waals surface area contributed by atoms with Crippen LogP contribution in [0.4, 0.5) is 5.13 Å². The van der Waals surface area contributed by atoms with Crippen molar-refractivity contribution in [2.75, 3.05) is 11.9 Å². The summed E-state index contributed by atoms with van der Waals surface area (Å²) >= 11 is 1.76. The van der Waals surface area contributed by atoms with Gasteiger partial charge in [-0.15, -0.1) is 0 Å². The van der Waals surface area contributed by atoms with E-state index in [1.807, 2.05) is 0 Å². The lowest BCUT2D eigenvalue weighted by Crippen LogP contribution is -2.07. The molecule has 2 aromatic rings. The van der Waals surface area contributed by atoms with Crippen LogP contribution in [0.2, 0.25) is 0 Å². The number of rotatable bonds is 3. The Bertz CT molecular complexity index is 611. The van der Waals surface area contributed by atoms with E-state index < -0.39 is 0 Å². The maximum Gasteiger partial charge on any atom is 0.183 e. The summed E-state index contributed by atoms with van der Waals surface area (Å²) in [7, 11) is 0. The molecule has 102 valence electrons. The summed E-state index contributed by atoms with van der Waals surface area (Å²) in [5, 5.41) is 4.59. The summed E-state index contributed by atoms with van der Waals surface area (Å²) in [6.45, 7) is 12.6. The molecule has 0 atom stereocenters. The molecule has 1 N–H and O–H groups in total. The zero-order chi connectivity index (χ0) is 13.8. The first-order valence-electron chi connectivity index (χ1n) is 6.93. The van der Waals surface area contributed by atoms with Crippen LogP contribution in [0.1, 0.15) is 33.3 Å². The average molecular weight is 274 g/mol. The molecule has 0 radical (unpaired) electrons. The van der Waals surface area contributed by atoms with Crippen molar-refractivity contribution in [1.82, 2.24) is 4.98 Å². The largest absolute Gasteiger partial charge is 0.361 e. The predicted molar refractivity (Wildman–Crippen MR) is 83.9 cm³/mol. The minimum absolute atomic E-state index is 0.438. The lowest BCUT2D eigenvalue weighted by molar-refractivity contribution is 0.457. The summed E-state index contributed by atoms with van der Waals surface area (Å²) in [6.07, 6.45) is 0. The number of nitrogens with one attached hydrogen (secondary N) is 1. The van der Waals surface area contributed by atoms with E-state index in [-0.39, 0.29) is 0 Å². The Morgan fingerprint density at radius 3 is 2.53 bits per heavy atom. The van der Waals surface area contributed by atoms with Gasteiger partial charge in [-0.3, -0.25) is 0 Å². The van der Waals surface area contributed by atoms with Gasteiger partial charge in [0.15, 0.2) is 5.13 Å². The molecule has 1 heterocycles. The highest BCUT2D eigenvalue weighted by molar-refractivity contribution is 7.22. The maximum atomic E-state index is 4.66. The molecule has 0 spiro atoms. The topological polar surface area (TPSA) is 24.9 Å². The van der Waals surface area contributed by atoms with Gasteiger partial charge in [0.25, 0.3) is 0 Å². The number of fused-ring (bicyclic) bond motifs is 1. The number of benzene rings is 1. The molecule has 0 saturated heterocycles. The quantitative estimate of drug-likeness (QED) is 0.877. The minimum atomic E-state index is 0.438. The Morgan fingerprint density at radius 2 is 1.89 bits per heavy atom. The molecule has 1 aromatic carbocycles. The van der Waals surface area contributed by atoms with E-state index >= 15 is 0 Å². The highest BCUT2D eigenvalue weighted by Gasteiger charge is 2.64. The molecule has 1 aromatic heterocycles. The van der Waals surface area contributed by atoms with E-state index in [2.05, 4.69) is 63.1 Å². The Hall–Kier alpha value is -1.09. The number of aryl methyl sites for hydroxylation is 1. The molecule has 0 unspecified atom stereocenters. The van der Waals surface area contributed by atoms with Crippen molar-refractivity contribution in [3.8, 4) is 0 Å². The van der Waals surface area contributed by atoms with Crippen molar-refractivity contribution < 1.29 is 0 Å². The van der Waals surface area contributed by atoms with E-state index in [1.165, 1.54) is 10.3 Å². The maximum absolute atomic E-state index is 4.66. The van der Waals surface area contributed by atoms with E-state index in [9.17, 15) is 0 Å². The summed E-state index contributed by atoms with van der Waals surface area (Å²) in [4.78, 5) is 4.66. The van der Waals surface area contributed by atoms with Crippen LogP contribution in [0, 0.1) is 23.7 Å². The van der Waals surface area contributed by atoms with Gasteiger partial charge in [0.1, 0.15) is 0 Å². The molecule has 0 amide bonds. The van der Waals surface area contributed by atoms with Crippen LogP contribution in [0.15, 0.2) is 18.2 Å². The van der Waals surface area contributed by atoms with Gasteiger partial charge >= 0.3 is 0 Å². The molecular weight excluding hydrogens is 252 g/mol. The van der Waals surface area contributed by atoms with Crippen LogP contribution >= 0.6 is 11.3 Å². The summed E-state index contributed by atoms with van der Waals surface area (Å²) in [5.74, 6) is 0.730. The fourth-order valence-corrected chi connectivity index (χ4v) is 4.11. The molecule has 1 aliphatic rings. The summed E-state index contributed by atoms with van der Waals surface area (Å²) < 4.78 is 1.27. The highest BCUT2D eigenvalue weighted by Crippen LogP contribution is 2.68. The van der Waals surface area contributed by atoms with Crippen LogP contribution < -0.4 is 5.32 Å².